The van der Waals surface area contributed by atoms with Gasteiger partial charge in [-0.25, -0.2) is 12.8 Å². The number of hydrogen-bond donors (Lipinski definition) is 2. The Morgan fingerprint density at radius 3 is 2.33 bits per heavy atom. The molecule has 4 rings (SSSR count). The van der Waals surface area contributed by atoms with Crippen molar-refractivity contribution in [2.75, 3.05) is 11.1 Å². The van der Waals surface area contributed by atoms with Crippen LogP contribution in [0.1, 0.15) is 43.4 Å². The smallest absolute Gasteiger partial charge is 0.228 e. The first-order valence-corrected chi connectivity index (χ1v) is 14.0. The van der Waals surface area contributed by atoms with Gasteiger partial charge in [-0.2, -0.15) is 0 Å². The molecule has 0 aromatic heterocycles. The zero-order chi connectivity index (χ0) is 25.7. The summed E-state index contributed by atoms with van der Waals surface area (Å²) in [4.78, 5) is 12.6. The minimum atomic E-state index is -3.71. The van der Waals surface area contributed by atoms with Gasteiger partial charge < -0.3 is 10.4 Å². The van der Waals surface area contributed by atoms with E-state index in [0.29, 0.717) is 11.6 Å². The molecule has 0 bridgehead atoms. The SMILES string of the molecule is C[C@H](CS(=O)(=O)c1ccc(F)cc1)C(=O)Nc1ccc(C[C@@H]2CC[C@H]([C@H](O)c3ccccc3)C2)cc1. The summed E-state index contributed by atoms with van der Waals surface area (Å²) in [7, 11) is -3.71. The lowest BCUT2D eigenvalue weighted by atomic mass is 9.91. The Morgan fingerprint density at radius 2 is 1.67 bits per heavy atom. The van der Waals surface area contributed by atoms with Crippen molar-refractivity contribution in [1.82, 2.24) is 0 Å². The first-order chi connectivity index (χ1) is 17.2. The number of sulfone groups is 1. The summed E-state index contributed by atoms with van der Waals surface area (Å²) in [5.41, 5.74) is 2.75. The molecule has 5 nitrogen and oxygen atoms in total. The molecule has 3 aromatic rings. The fraction of sp³-hybridized carbons (Fsp3) is 0.345. The number of carbonyl (C=O) groups is 1. The van der Waals surface area contributed by atoms with Gasteiger partial charge in [0.05, 0.1) is 16.8 Å². The van der Waals surface area contributed by atoms with Gasteiger partial charge in [0.1, 0.15) is 5.82 Å². The summed E-state index contributed by atoms with van der Waals surface area (Å²) in [6.45, 7) is 1.56. The van der Waals surface area contributed by atoms with Gasteiger partial charge >= 0.3 is 0 Å². The van der Waals surface area contributed by atoms with Crippen molar-refractivity contribution in [1.29, 1.82) is 0 Å². The van der Waals surface area contributed by atoms with Crippen molar-refractivity contribution in [3.8, 4) is 0 Å². The second-order valence-electron chi connectivity index (χ2n) is 9.82. The van der Waals surface area contributed by atoms with Gasteiger partial charge in [-0.05, 0) is 85.0 Å². The highest BCUT2D eigenvalue weighted by atomic mass is 32.2. The average Bonchev–Trinajstić information content (AvgIpc) is 3.33. The topological polar surface area (TPSA) is 83.5 Å². The van der Waals surface area contributed by atoms with E-state index in [1.54, 1.807) is 6.92 Å². The van der Waals surface area contributed by atoms with Gasteiger partial charge in [-0.15, -0.1) is 0 Å². The Labute approximate surface area is 212 Å². The van der Waals surface area contributed by atoms with E-state index in [1.807, 2.05) is 54.6 Å². The molecule has 0 aliphatic heterocycles. The average molecular weight is 510 g/mol. The van der Waals surface area contributed by atoms with E-state index in [1.165, 1.54) is 17.7 Å². The Morgan fingerprint density at radius 1 is 1.00 bits per heavy atom. The number of anilines is 1. The predicted octanol–water partition coefficient (Wildman–Crippen LogP) is 5.57. The second-order valence-corrected chi connectivity index (χ2v) is 11.9. The molecule has 4 atom stereocenters. The van der Waals surface area contributed by atoms with Crippen LogP contribution in [0, 0.1) is 23.6 Å². The maximum atomic E-state index is 13.1. The zero-order valence-electron chi connectivity index (χ0n) is 20.3. The van der Waals surface area contributed by atoms with Crippen molar-refractivity contribution in [2.24, 2.45) is 17.8 Å². The summed E-state index contributed by atoms with van der Waals surface area (Å²) < 4.78 is 38.2. The number of aliphatic hydroxyl groups is 1. The van der Waals surface area contributed by atoms with Crippen LogP contribution in [0.4, 0.5) is 10.1 Å². The molecule has 1 fully saturated rings. The van der Waals surface area contributed by atoms with E-state index in [0.717, 1.165) is 43.4 Å². The van der Waals surface area contributed by atoms with Crippen LogP contribution in [0.15, 0.2) is 83.8 Å². The maximum Gasteiger partial charge on any atom is 0.228 e. The minimum absolute atomic E-state index is 0.00154. The molecule has 0 spiro atoms. The molecular weight excluding hydrogens is 477 g/mol. The fourth-order valence-corrected chi connectivity index (χ4v) is 6.53. The van der Waals surface area contributed by atoms with Crippen LogP contribution in [-0.2, 0) is 21.1 Å². The van der Waals surface area contributed by atoms with Crippen LogP contribution in [0.25, 0.3) is 0 Å². The van der Waals surface area contributed by atoms with Gasteiger partial charge in [0.15, 0.2) is 9.84 Å². The van der Waals surface area contributed by atoms with Crippen molar-refractivity contribution < 1.29 is 22.7 Å². The highest BCUT2D eigenvalue weighted by Gasteiger charge is 2.30. The molecule has 0 saturated heterocycles. The number of hydrogen-bond acceptors (Lipinski definition) is 4. The molecule has 0 unspecified atom stereocenters. The monoisotopic (exact) mass is 509 g/mol. The molecule has 1 aliphatic rings. The number of aliphatic hydroxyl groups excluding tert-OH is 1. The molecule has 2 N–H and O–H groups in total. The van der Waals surface area contributed by atoms with Gasteiger partial charge in [0.25, 0.3) is 0 Å². The lowest BCUT2D eigenvalue weighted by Crippen LogP contribution is -2.27. The number of benzene rings is 3. The van der Waals surface area contributed by atoms with Gasteiger partial charge in [-0.3, -0.25) is 4.79 Å². The third kappa shape index (κ3) is 6.59. The van der Waals surface area contributed by atoms with Crippen LogP contribution in [0.5, 0.6) is 0 Å². The van der Waals surface area contributed by atoms with E-state index in [9.17, 15) is 22.7 Å². The molecule has 190 valence electrons. The maximum absolute atomic E-state index is 13.1. The zero-order valence-corrected chi connectivity index (χ0v) is 21.1. The Bertz CT molecular complexity index is 1260. The van der Waals surface area contributed by atoms with E-state index < -0.39 is 27.7 Å². The van der Waals surface area contributed by atoms with E-state index in [-0.39, 0.29) is 22.5 Å². The molecule has 0 radical (unpaired) electrons. The summed E-state index contributed by atoms with van der Waals surface area (Å²) >= 11 is 0. The van der Waals surface area contributed by atoms with Crippen molar-refractivity contribution in [3.05, 3.63) is 95.8 Å². The van der Waals surface area contributed by atoms with Crippen LogP contribution in [0.3, 0.4) is 0 Å². The second kappa shape index (κ2) is 11.4. The first kappa shape index (κ1) is 26.0. The van der Waals surface area contributed by atoms with E-state index >= 15 is 0 Å². The molecule has 36 heavy (non-hydrogen) atoms. The first-order valence-electron chi connectivity index (χ1n) is 12.3. The standard InChI is InChI=1S/C29H32FNO4S/c1-20(19-36(34,35)27-15-11-25(30)12-16-27)29(33)31-26-13-8-21(9-14-26)17-22-7-10-24(18-22)28(32)23-5-3-2-4-6-23/h2-6,8-9,11-16,20,22,24,28,32H,7,10,17-19H2,1H3,(H,31,33)/t20-,22+,24+,28-/m1/s1. The molecule has 1 aliphatic carbocycles. The quantitative estimate of drug-likeness (QED) is 0.370. The normalized spacial score (nSPS) is 19.5. The molecule has 1 amide bonds. The largest absolute Gasteiger partial charge is 0.388 e. The summed E-state index contributed by atoms with van der Waals surface area (Å²) in [5, 5.41) is 13.5. The lowest BCUT2D eigenvalue weighted by Gasteiger charge is -2.19. The molecule has 0 heterocycles. The van der Waals surface area contributed by atoms with Crippen molar-refractivity contribution in [3.63, 3.8) is 0 Å². The fourth-order valence-electron chi connectivity index (χ4n) is 4.97. The molecule has 1 saturated carbocycles. The predicted molar refractivity (Wildman–Crippen MR) is 139 cm³/mol. The summed E-state index contributed by atoms with van der Waals surface area (Å²) in [6, 6.07) is 22.1. The van der Waals surface area contributed by atoms with Gasteiger partial charge in [-0.1, -0.05) is 49.4 Å². The summed E-state index contributed by atoms with van der Waals surface area (Å²) in [6.07, 6.45) is 3.55. The van der Waals surface area contributed by atoms with Crippen molar-refractivity contribution >= 4 is 21.4 Å². The van der Waals surface area contributed by atoms with Gasteiger partial charge in [0, 0.05) is 11.6 Å². The van der Waals surface area contributed by atoms with E-state index in [4.69, 9.17) is 0 Å². The Kier molecular flexibility index (Phi) is 8.21. The lowest BCUT2D eigenvalue weighted by molar-refractivity contribution is -0.118. The van der Waals surface area contributed by atoms with Crippen LogP contribution in [-0.4, -0.2) is 25.2 Å². The Hall–Kier alpha value is -3.03. The minimum Gasteiger partial charge on any atom is -0.388 e. The third-order valence-electron chi connectivity index (χ3n) is 7.01. The number of amides is 1. The number of halogens is 1. The highest BCUT2D eigenvalue weighted by molar-refractivity contribution is 7.91. The number of nitrogens with one attached hydrogen (secondary N) is 1. The van der Waals surface area contributed by atoms with Crippen LogP contribution in [0.2, 0.25) is 0 Å². The van der Waals surface area contributed by atoms with E-state index in [2.05, 4.69) is 5.32 Å². The Balaban J connectivity index is 1.28. The molecule has 3 aromatic carbocycles. The van der Waals surface area contributed by atoms with Crippen LogP contribution >= 0.6 is 0 Å². The number of rotatable bonds is 9. The third-order valence-corrected chi connectivity index (χ3v) is 8.93. The molecule has 7 heteroatoms. The summed E-state index contributed by atoms with van der Waals surface area (Å²) in [5.74, 6) is -1.26. The molecular formula is C29H32FNO4S. The highest BCUT2D eigenvalue weighted by Crippen LogP contribution is 2.40. The van der Waals surface area contributed by atoms with Crippen LogP contribution < -0.4 is 5.32 Å². The number of carbonyl (C=O) groups excluding carboxylic acids is 1. The van der Waals surface area contributed by atoms with Crippen molar-refractivity contribution in [2.45, 2.75) is 43.6 Å². The van der Waals surface area contributed by atoms with Gasteiger partial charge in [0.2, 0.25) is 5.91 Å².